The van der Waals surface area contributed by atoms with Gasteiger partial charge in [0, 0.05) is 6.61 Å². The first-order valence-corrected chi connectivity index (χ1v) is 12.7. The second-order valence-electron chi connectivity index (χ2n) is 8.60. The van der Waals surface area contributed by atoms with E-state index in [0.717, 1.165) is 26.1 Å². The zero-order chi connectivity index (χ0) is 21.5. The topological polar surface area (TPSA) is 18.5 Å². The third-order valence-electron chi connectivity index (χ3n) is 5.69. The molecule has 1 rings (SSSR count). The van der Waals surface area contributed by atoms with Gasteiger partial charge >= 0.3 is 0 Å². The van der Waals surface area contributed by atoms with Gasteiger partial charge in [0.2, 0.25) is 0 Å². The van der Waals surface area contributed by atoms with Gasteiger partial charge in [0.05, 0.1) is 19.3 Å². The third-order valence-corrected chi connectivity index (χ3v) is 5.69. The molecule has 1 atom stereocenters. The molecule has 2 heteroatoms. The molecule has 0 aliphatic carbocycles. The molecule has 0 spiro atoms. The molecule has 0 heterocycles. The van der Waals surface area contributed by atoms with E-state index in [9.17, 15) is 0 Å². The molecular weight excluding hydrogens is 368 g/mol. The van der Waals surface area contributed by atoms with Crippen LogP contribution in [0.2, 0.25) is 0 Å². The van der Waals surface area contributed by atoms with Crippen LogP contribution in [0.15, 0.2) is 43.0 Å². The van der Waals surface area contributed by atoms with Gasteiger partial charge in [0.1, 0.15) is 0 Å². The molecule has 0 aliphatic heterocycles. The van der Waals surface area contributed by atoms with Crippen LogP contribution in [-0.2, 0) is 16.1 Å². The fraction of sp³-hybridized carbons (Fsp3) is 0.714. The first-order chi connectivity index (χ1) is 14.9. The molecule has 30 heavy (non-hydrogen) atoms. The molecule has 0 aromatic heterocycles. The standard InChI is InChI=1S/C28H48O2/c1-3-5-6-7-8-9-10-11-12-13-14-15-16-20-24-29-26-28(21-4-2)30-25-27-22-18-17-19-23-27/h3,17-19,22-23,28H,1,4-16,20-21,24-26H2,2H3. The van der Waals surface area contributed by atoms with Gasteiger partial charge in [-0.3, -0.25) is 0 Å². The summed E-state index contributed by atoms with van der Waals surface area (Å²) in [5.41, 5.74) is 1.24. The summed E-state index contributed by atoms with van der Waals surface area (Å²) in [7, 11) is 0. The van der Waals surface area contributed by atoms with Crippen molar-refractivity contribution in [3.63, 3.8) is 0 Å². The van der Waals surface area contributed by atoms with Crippen LogP contribution in [0.5, 0.6) is 0 Å². The summed E-state index contributed by atoms with van der Waals surface area (Å²) in [5.74, 6) is 0. The lowest BCUT2D eigenvalue weighted by Gasteiger charge is -2.17. The van der Waals surface area contributed by atoms with Crippen molar-refractivity contribution in [3.05, 3.63) is 48.6 Å². The van der Waals surface area contributed by atoms with Crippen LogP contribution in [0.3, 0.4) is 0 Å². The van der Waals surface area contributed by atoms with Crippen molar-refractivity contribution in [2.45, 2.75) is 116 Å². The quantitative estimate of drug-likeness (QED) is 0.139. The Morgan fingerprint density at radius 2 is 1.37 bits per heavy atom. The van der Waals surface area contributed by atoms with Crippen LogP contribution in [0, 0.1) is 0 Å². The van der Waals surface area contributed by atoms with E-state index < -0.39 is 0 Å². The summed E-state index contributed by atoms with van der Waals surface area (Å²) in [6.07, 6.45) is 22.1. The van der Waals surface area contributed by atoms with Crippen LogP contribution < -0.4 is 0 Å². The zero-order valence-corrected chi connectivity index (χ0v) is 19.8. The molecule has 172 valence electrons. The van der Waals surface area contributed by atoms with E-state index in [1.165, 1.54) is 89.0 Å². The number of benzene rings is 1. The van der Waals surface area contributed by atoms with Crippen LogP contribution in [0.4, 0.5) is 0 Å². The molecular formula is C28H48O2. The predicted octanol–water partition coefficient (Wildman–Crippen LogP) is 8.65. The molecule has 0 radical (unpaired) electrons. The van der Waals surface area contributed by atoms with Crippen molar-refractivity contribution in [1.82, 2.24) is 0 Å². The molecule has 0 saturated heterocycles. The van der Waals surface area contributed by atoms with Gasteiger partial charge < -0.3 is 9.47 Å². The minimum absolute atomic E-state index is 0.220. The molecule has 0 aliphatic rings. The Morgan fingerprint density at radius 1 is 0.800 bits per heavy atom. The molecule has 0 fully saturated rings. The Kier molecular flexibility index (Phi) is 19.0. The summed E-state index contributed by atoms with van der Waals surface area (Å²) in [4.78, 5) is 0. The molecule has 0 saturated carbocycles. The predicted molar refractivity (Wildman–Crippen MR) is 131 cm³/mol. The third kappa shape index (κ3) is 16.7. The van der Waals surface area contributed by atoms with Gasteiger partial charge in [-0.15, -0.1) is 6.58 Å². The Hall–Kier alpha value is -1.12. The molecule has 2 nitrogen and oxygen atoms in total. The molecule has 0 N–H and O–H groups in total. The first kappa shape index (κ1) is 26.9. The highest BCUT2D eigenvalue weighted by molar-refractivity contribution is 5.13. The molecule has 0 amide bonds. The highest BCUT2D eigenvalue weighted by Crippen LogP contribution is 2.13. The Labute approximate surface area is 187 Å². The van der Waals surface area contributed by atoms with Crippen molar-refractivity contribution >= 4 is 0 Å². The van der Waals surface area contributed by atoms with E-state index in [1.807, 2.05) is 12.1 Å². The largest absolute Gasteiger partial charge is 0.379 e. The fourth-order valence-corrected chi connectivity index (χ4v) is 3.80. The van der Waals surface area contributed by atoms with E-state index >= 15 is 0 Å². The van der Waals surface area contributed by atoms with Crippen molar-refractivity contribution in [3.8, 4) is 0 Å². The van der Waals surface area contributed by atoms with E-state index in [1.54, 1.807) is 0 Å². The number of ether oxygens (including phenoxy) is 2. The normalized spacial score (nSPS) is 12.2. The smallest absolute Gasteiger partial charge is 0.0812 e. The van der Waals surface area contributed by atoms with Gasteiger partial charge in [0.15, 0.2) is 0 Å². The molecule has 1 aromatic carbocycles. The Bertz CT molecular complexity index is 471. The highest BCUT2D eigenvalue weighted by atomic mass is 16.5. The van der Waals surface area contributed by atoms with Crippen molar-refractivity contribution in [1.29, 1.82) is 0 Å². The van der Waals surface area contributed by atoms with Gasteiger partial charge in [-0.2, -0.15) is 0 Å². The number of hydrogen-bond donors (Lipinski definition) is 0. The summed E-state index contributed by atoms with van der Waals surface area (Å²) in [6.45, 7) is 8.28. The second-order valence-corrected chi connectivity index (χ2v) is 8.60. The number of hydrogen-bond acceptors (Lipinski definition) is 2. The highest BCUT2D eigenvalue weighted by Gasteiger charge is 2.08. The summed E-state index contributed by atoms with van der Waals surface area (Å²) < 4.78 is 12.0. The SMILES string of the molecule is C=CCCCCCCCCCCCCCCOCC(CCC)OCc1ccccc1. The maximum Gasteiger partial charge on any atom is 0.0812 e. The van der Waals surface area contributed by atoms with Crippen molar-refractivity contribution < 1.29 is 9.47 Å². The van der Waals surface area contributed by atoms with Crippen LogP contribution in [-0.4, -0.2) is 19.3 Å². The first-order valence-electron chi connectivity index (χ1n) is 12.7. The summed E-state index contributed by atoms with van der Waals surface area (Å²) in [6, 6.07) is 10.4. The number of allylic oxidation sites excluding steroid dienone is 1. The van der Waals surface area contributed by atoms with E-state index in [2.05, 4.69) is 37.8 Å². The minimum Gasteiger partial charge on any atom is -0.379 e. The van der Waals surface area contributed by atoms with E-state index in [0.29, 0.717) is 6.61 Å². The van der Waals surface area contributed by atoms with Crippen LogP contribution in [0.25, 0.3) is 0 Å². The molecule has 1 unspecified atom stereocenters. The molecule has 1 aromatic rings. The van der Waals surface area contributed by atoms with Crippen molar-refractivity contribution in [2.75, 3.05) is 13.2 Å². The van der Waals surface area contributed by atoms with E-state index in [4.69, 9.17) is 9.47 Å². The summed E-state index contributed by atoms with van der Waals surface area (Å²) in [5, 5.41) is 0. The lowest BCUT2D eigenvalue weighted by molar-refractivity contribution is -0.0295. The van der Waals surface area contributed by atoms with Gasteiger partial charge in [-0.25, -0.2) is 0 Å². The number of unbranched alkanes of at least 4 members (excludes halogenated alkanes) is 12. The van der Waals surface area contributed by atoms with Gasteiger partial charge in [-0.1, -0.05) is 114 Å². The minimum atomic E-state index is 0.220. The fourth-order valence-electron chi connectivity index (χ4n) is 3.80. The average Bonchev–Trinajstić information content (AvgIpc) is 2.77. The van der Waals surface area contributed by atoms with Crippen molar-refractivity contribution in [2.24, 2.45) is 0 Å². The second kappa shape index (κ2) is 21.1. The summed E-state index contributed by atoms with van der Waals surface area (Å²) >= 11 is 0. The maximum atomic E-state index is 6.06. The monoisotopic (exact) mass is 416 g/mol. The average molecular weight is 417 g/mol. The Balaban J connectivity index is 1.86. The van der Waals surface area contributed by atoms with Gasteiger partial charge in [0.25, 0.3) is 0 Å². The maximum absolute atomic E-state index is 6.06. The molecule has 0 bridgehead atoms. The lowest BCUT2D eigenvalue weighted by atomic mass is 10.0. The van der Waals surface area contributed by atoms with E-state index in [-0.39, 0.29) is 6.10 Å². The van der Waals surface area contributed by atoms with Crippen LogP contribution >= 0.6 is 0 Å². The van der Waals surface area contributed by atoms with Gasteiger partial charge in [-0.05, 0) is 31.2 Å². The Morgan fingerprint density at radius 3 is 1.93 bits per heavy atom. The zero-order valence-electron chi connectivity index (χ0n) is 19.8. The lowest BCUT2D eigenvalue weighted by Crippen LogP contribution is -2.20. The van der Waals surface area contributed by atoms with Crippen LogP contribution in [0.1, 0.15) is 109 Å². The number of rotatable bonds is 22.